The Morgan fingerprint density at radius 2 is 2.09 bits per heavy atom. The molecule has 1 aliphatic heterocycles. The summed E-state index contributed by atoms with van der Waals surface area (Å²) < 4.78 is 8.02. The van der Waals surface area contributed by atoms with Gasteiger partial charge in [0.2, 0.25) is 0 Å². The lowest BCUT2D eigenvalue weighted by atomic mass is 9.81. The number of rotatable bonds is 3. The normalized spacial score (nSPS) is 20.6. The quantitative estimate of drug-likeness (QED) is 0.856. The lowest BCUT2D eigenvalue weighted by Crippen LogP contribution is -2.39. The number of carbonyl (C=O) groups excluding carboxylic acids is 1. The van der Waals surface area contributed by atoms with E-state index in [-0.39, 0.29) is 12.5 Å². The van der Waals surface area contributed by atoms with E-state index in [1.807, 2.05) is 25.8 Å². The number of nitrogens with zero attached hydrogens (tertiary/aromatic N) is 3. The number of amides is 1. The fourth-order valence-corrected chi connectivity index (χ4v) is 4.86. The molecule has 2 aliphatic rings. The van der Waals surface area contributed by atoms with Crippen LogP contribution in [0.25, 0.3) is 0 Å². The van der Waals surface area contributed by atoms with Crippen LogP contribution in [0, 0.1) is 13.8 Å². The maximum atomic E-state index is 12.4. The molecule has 122 valence electrons. The Bertz CT molecular complexity index is 566. The van der Waals surface area contributed by atoms with Gasteiger partial charge in [0, 0.05) is 30.6 Å². The van der Waals surface area contributed by atoms with Gasteiger partial charge < -0.3 is 9.64 Å². The smallest absolute Gasteiger partial charge is 0.260 e. The van der Waals surface area contributed by atoms with Gasteiger partial charge in [0.15, 0.2) is 12.4 Å². The van der Waals surface area contributed by atoms with Gasteiger partial charge in [-0.1, -0.05) is 6.42 Å². The summed E-state index contributed by atoms with van der Waals surface area (Å²) >= 11 is 2.07. The molecule has 0 radical (unpaired) electrons. The summed E-state index contributed by atoms with van der Waals surface area (Å²) in [4.78, 5) is 14.4. The molecule has 2 heterocycles. The molecule has 1 aliphatic carbocycles. The molecule has 0 atom stereocenters. The molecule has 1 aromatic heterocycles. The van der Waals surface area contributed by atoms with Crippen molar-refractivity contribution in [2.45, 2.75) is 44.3 Å². The van der Waals surface area contributed by atoms with Crippen LogP contribution in [0.1, 0.15) is 37.1 Å². The van der Waals surface area contributed by atoms with Crippen LogP contribution in [0.2, 0.25) is 0 Å². The van der Waals surface area contributed by atoms with Gasteiger partial charge in [-0.05, 0) is 33.1 Å². The fourth-order valence-electron chi connectivity index (χ4n) is 3.30. The summed E-state index contributed by atoms with van der Waals surface area (Å²) in [5.74, 6) is 1.89. The molecule has 1 saturated heterocycles. The highest BCUT2D eigenvalue weighted by Crippen LogP contribution is 2.47. The van der Waals surface area contributed by atoms with Crippen molar-refractivity contribution in [2.24, 2.45) is 7.05 Å². The zero-order chi connectivity index (χ0) is 15.7. The van der Waals surface area contributed by atoms with Gasteiger partial charge in [-0.2, -0.15) is 16.9 Å². The summed E-state index contributed by atoms with van der Waals surface area (Å²) in [6.45, 7) is 5.71. The van der Waals surface area contributed by atoms with Crippen LogP contribution in [-0.2, 0) is 11.8 Å². The van der Waals surface area contributed by atoms with Gasteiger partial charge in [-0.3, -0.25) is 9.48 Å². The molecule has 5 nitrogen and oxygen atoms in total. The zero-order valence-corrected chi connectivity index (χ0v) is 14.5. The first-order valence-electron chi connectivity index (χ1n) is 8.05. The number of carbonyl (C=O) groups is 1. The summed E-state index contributed by atoms with van der Waals surface area (Å²) in [5, 5.41) is 4.32. The number of ether oxygens (including phenoxy) is 1. The third-order valence-electron chi connectivity index (χ3n) is 5.01. The van der Waals surface area contributed by atoms with E-state index in [9.17, 15) is 4.79 Å². The van der Waals surface area contributed by atoms with Crippen molar-refractivity contribution in [3.8, 4) is 5.75 Å². The highest BCUT2D eigenvalue weighted by molar-refractivity contribution is 8.00. The van der Waals surface area contributed by atoms with Gasteiger partial charge in [0.1, 0.15) is 5.69 Å². The molecule has 6 heteroatoms. The Morgan fingerprint density at radius 3 is 2.68 bits per heavy atom. The van der Waals surface area contributed by atoms with Gasteiger partial charge in [0.25, 0.3) is 5.91 Å². The Hall–Kier alpha value is -1.17. The highest BCUT2D eigenvalue weighted by atomic mass is 32.2. The molecular formula is C16H25N3O2S. The average molecular weight is 323 g/mol. The highest BCUT2D eigenvalue weighted by Gasteiger charge is 2.39. The third-order valence-corrected chi connectivity index (χ3v) is 6.62. The second kappa shape index (κ2) is 6.14. The SMILES string of the molecule is Cc1nn(C)c(C)c1OCC(=O)N1CCSC2(CCC2)CC1. The van der Waals surface area contributed by atoms with Crippen molar-refractivity contribution in [3.63, 3.8) is 0 Å². The topological polar surface area (TPSA) is 47.4 Å². The van der Waals surface area contributed by atoms with E-state index in [2.05, 4.69) is 16.9 Å². The predicted molar refractivity (Wildman–Crippen MR) is 88.4 cm³/mol. The number of aromatic nitrogens is 2. The second-order valence-corrected chi connectivity index (χ2v) is 7.99. The minimum Gasteiger partial charge on any atom is -0.480 e. The van der Waals surface area contributed by atoms with Crippen molar-refractivity contribution >= 4 is 17.7 Å². The molecule has 0 N–H and O–H groups in total. The Balaban J connectivity index is 1.55. The average Bonchev–Trinajstić information content (AvgIpc) is 2.66. The van der Waals surface area contributed by atoms with Crippen molar-refractivity contribution in [3.05, 3.63) is 11.4 Å². The number of aryl methyl sites for hydroxylation is 2. The van der Waals surface area contributed by atoms with Gasteiger partial charge in [0.05, 0.1) is 5.69 Å². The molecule has 0 bridgehead atoms. The monoisotopic (exact) mass is 323 g/mol. The van der Waals surface area contributed by atoms with Crippen molar-refractivity contribution < 1.29 is 9.53 Å². The standard InChI is InChI=1S/C16H25N3O2S/c1-12-15(13(2)18(3)17-12)21-11-14(20)19-8-7-16(5-4-6-16)22-10-9-19/h4-11H2,1-3H3. The van der Waals surface area contributed by atoms with Crippen LogP contribution in [0.4, 0.5) is 0 Å². The first-order valence-corrected chi connectivity index (χ1v) is 9.04. The molecule has 0 unspecified atom stereocenters. The van der Waals surface area contributed by atoms with Crippen molar-refractivity contribution in [1.82, 2.24) is 14.7 Å². The molecular weight excluding hydrogens is 298 g/mol. The Morgan fingerprint density at radius 1 is 1.32 bits per heavy atom. The summed E-state index contributed by atoms with van der Waals surface area (Å²) in [6, 6.07) is 0. The molecule has 1 saturated carbocycles. The lowest BCUT2D eigenvalue weighted by molar-refractivity contribution is -0.133. The van der Waals surface area contributed by atoms with Crippen LogP contribution in [0.5, 0.6) is 5.75 Å². The van der Waals surface area contributed by atoms with E-state index in [0.717, 1.165) is 42.4 Å². The largest absolute Gasteiger partial charge is 0.480 e. The molecule has 1 aromatic rings. The molecule has 22 heavy (non-hydrogen) atoms. The first-order chi connectivity index (χ1) is 10.5. The predicted octanol–water partition coefficient (Wildman–Crippen LogP) is 2.30. The van der Waals surface area contributed by atoms with Crippen LogP contribution >= 0.6 is 11.8 Å². The van der Waals surface area contributed by atoms with Gasteiger partial charge in [-0.15, -0.1) is 0 Å². The number of thioether (sulfide) groups is 1. The summed E-state index contributed by atoms with van der Waals surface area (Å²) in [5.41, 5.74) is 1.80. The lowest BCUT2D eigenvalue weighted by Gasteiger charge is -2.40. The summed E-state index contributed by atoms with van der Waals surface area (Å²) in [6.07, 6.45) is 5.13. The van der Waals surface area contributed by atoms with Crippen molar-refractivity contribution in [1.29, 1.82) is 0 Å². The fraction of sp³-hybridized carbons (Fsp3) is 0.750. The second-order valence-electron chi connectivity index (χ2n) is 6.43. The van der Waals surface area contributed by atoms with Crippen LogP contribution in [0.15, 0.2) is 0 Å². The van der Waals surface area contributed by atoms with Crippen LogP contribution in [-0.4, -0.2) is 50.8 Å². The van der Waals surface area contributed by atoms with Gasteiger partial charge >= 0.3 is 0 Å². The summed E-state index contributed by atoms with van der Waals surface area (Å²) in [7, 11) is 1.89. The van der Waals surface area contributed by atoms with E-state index in [0.29, 0.717) is 4.75 Å². The van der Waals surface area contributed by atoms with Crippen molar-refractivity contribution in [2.75, 3.05) is 25.4 Å². The molecule has 0 aromatic carbocycles. The van der Waals surface area contributed by atoms with E-state index in [1.165, 1.54) is 19.3 Å². The zero-order valence-electron chi connectivity index (χ0n) is 13.7. The minimum atomic E-state index is 0.0969. The van der Waals surface area contributed by atoms with E-state index in [4.69, 9.17) is 4.74 Å². The molecule has 1 amide bonds. The maximum Gasteiger partial charge on any atom is 0.260 e. The van der Waals surface area contributed by atoms with Crippen LogP contribution < -0.4 is 4.74 Å². The molecule has 3 rings (SSSR count). The van der Waals surface area contributed by atoms with Gasteiger partial charge in [-0.25, -0.2) is 0 Å². The maximum absolute atomic E-state index is 12.4. The van der Waals surface area contributed by atoms with Crippen LogP contribution in [0.3, 0.4) is 0 Å². The molecule has 1 spiro atoms. The Kier molecular flexibility index (Phi) is 4.39. The third kappa shape index (κ3) is 2.98. The van der Waals surface area contributed by atoms with E-state index < -0.39 is 0 Å². The van der Waals surface area contributed by atoms with E-state index >= 15 is 0 Å². The first kappa shape index (κ1) is 15.7. The number of hydrogen-bond donors (Lipinski definition) is 0. The number of hydrogen-bond acceptors (Lipinski definition) is 4. The minimum absolute atomic E-state index is 0.0969. The van der Waals surface area contributed by atoms with E-state index in [1.54, 1.807) is 4.68 Å². The Labute approximate surface area is 136 Å². The molecule has 2 fully saturated rings.